The minimum absolute atomic E-state index is 0.00134. The van der Waals surface area contributed by atoms with Crippen molar-refractivity contribution in [2.24, 2.45) is 10.3 Å². The Hall–Kier alpha value is -2.93. The van der Waals surface area contributed by atoms with Crippen molar-refractivity contribution >= 4 is 61.6 Å². The number of carbonyl (C=O) groups excluding carboxylic acids is 2. The van der Waals surface area contributed by atoms with Crippen LogP contribution in [0.3, 0.4) is 0 Å². The molecule has 2 aliphatic heterocycles. The summed E-state index contributed by atoms with van der Waals surface area (Å²) in [5, 5.41) is 5.86. The highest BCUT2D eigenvalue weighted by Crippen LogP contribution is 2.36. The predicted molar refractivity (Wildman–Crippen MR) is 113 cm³/mol. The predicted octanol–water partition coefficient (Wildman–Crippen LogP) is 2.27. The third-order valence-electron chi connectivity index (χ3n) is 4.65. The maximum absolute atomic E-state index is 13.3. The molecule has 4 heterocycles. The molecule has 30 heavy (non-hydrogen) atoms. The number of thiophene rings is 1. The summed E-state index contributed by atoms with van der Waals surface area (Å²) < 4.78 is 29.0. The molecule has 0 aliphatic carbocycles. The molecule has 9 nitrogen and oxygen atoms in total. The summed E-state index contributed by atoms with van der Waals surface area (Å²) in [5.74, 6) is -2.68. The molecular weight excluding hydrogens is 446 g/mol. The van der Waals surface area contributed by atoms with Crippen LogP contribution in [0.2, 0.25) is 0 Å². The molecule has 0 saturated heterocycles. The number of ketones is 1. The summed E-state index contributed by atoms with van der Waals surface area (Å²) in [6, 6.07) is 7.90. The van der Waals surface area contributed by atoms with E-state index < -0.39 is 27.6 Å². The van der Waals surface area contributed by atoms with E-state index in [4.69, 9.17) is 0 Å². The van der Waals surface area contributed by atoms with Crippen molar-refractivity contribution in [2.45, 2.75) is 11.4 Å². The molecule has 0 radical (unpaired) electrons. The number of para-hydroxylation sites is 1. The van der Waals surface area contributed by atoms with Gasteiger partial charge in [0.25, 0.3) is 15.9 Å². The van der Waals surface area contributed by atoms with Gasteiger partial charge in [-0.2, -0.15) is 8.42 Å². The number of anilines is 2. The Morgan fingerprint density at radius 3 is 2.80 bits per heavy atom. The number of Topliss-reactive ketones (excluding diaryl/α,β-unsaturated/α-hetero) is 1. The highest BCUT2D eigenvalue weighted by atomic mass is 32.2. The van der Waals surface area contributed by atoms with Gasteiger partial charge in [0.1, 0.15) is 10.7 Å². The highest BCUT2D eigenvalue weighted by molar-refractivity contribution is 7.90. The van der Waals surface area contributed by atoms with E-state index in [0.29, 0.717) is 17.1 Å². The van der Waals surface area contributed by atoms with Crippen LogP contribution >= 0.6 is 22.7 Å². The van der Waals surface area contributed by atoms with Gasteiger partial charge >= 0.3 is 0 Å². The Morgan fingerprint density at radius 1 is 1.17 bits per heavy atom. The fourth-order valence-corrected chi connectivity index (χ4v) is 5.83. The van der Waals surface area contributed by atoms with Crippen molar-refractivity contribution in [3.63, 3.8) is 0 Å². The zero-order chi connectivity index (χ0) is 20.9. The SMILES string of the molecule is O=C1c2sccc2N(NCc2cncs2)C(=O)C1C1=NS(=O)(=O)c2ccccc2N1. The highest BCUT2D eigenvalue weighted by Gasteiger charge is 2.45. The van der Waals surface area contributed by atoms with Gasteiger partial charge < -0.3 is 5.32 Å². The van der Waals surface area contributed by atoms with Gasteiger partial charge in [-0.15, -0.1) is 27.1 Å². The molecule has 1 amide bonds. The lowest BCUT2D eigenvalue weighted by atomic mass is 9.95. The van der Waals surface area contributed by atoms with Crippen LogP contribution in [-0.2, 0) is 21.4 Å². The minimum atomic E-state index is -4.04. The fraction of sp³-hybridized carbons (Fsp3) is 0.111. The second kappa shape index (κ2) is 7.09. The average molecular weight is 460 g/mol. The average Bonchev–Trinajstić information content (AvgIpc) is 3.40. The van der Waals surface area contributed by atoms with Gasteiger partial charge in [0.15, 0.2) is 11.7 Å². The first kappa shape index (κ1) is 19.1. The molecule has 2 aromatic heterocycles. The van der Waals surface area contributed by atoms with E-state index in [1.165, 1.54) is 33.7 Å². The number of nitrogens with zero attached hydrogens (tertiary/aromatic N) is 3. The van der Waals surface area contributed by atoms with Crippen molar-refractivity contribution in [3.05, 3.63) is 57.2 Å². The summed E-state index contributed by atoms with van der Waals surface area (Å²) in [4.78, 5) is 31.7. The molecule has 1 unspecified atom stereocenters. The quantitative estimate of drug-likeness (QED) is 0.574. The van der Waals surface area contributed by atoms with Crippen LogP contribution in [0.4, 0.5) is 11.4 Å². The number of aromatic nitrogens is 1. The number of hydrogen-bond donors (Lipinski definition) is 2. The zero-order valence-electron chi connectivity index (χ0n) is 15.1. The molecule has 0 bridgehead atoms. The number of sulfonamides is 1. The van der Waals surface area contributed by atoms with Crippen LogP contribution in [-0.4, -0.2) is 30.9 Å². The molecule has 2 N–H and O–H groups in total. The number of nitrogens with one attached hydrogen (secondary N) is 2. The van der Waals surface area contributed by atoms with Gasteiger partial charge in [0, 0.05) is 11.1 Å². The molecule has 152 valence electrons. The van der Waals surface area contributed by atoms with E-state index >= 15 is 0 Å². The number of amidine groups is 1. The van der Waals surface area contributed by atoms with Crippen LogP contribution < -0.4 is 15.8 Å². The molecule has 3 aromatic rings. The van der Waals surface area contributed by atoms with Crippen LogP contribution in [0.25, 0.3) is 0 Å². The fourth-order valence-electron chi connectivity index (χ4n) is 3.30. The Kier molecular flexibility index (Phi) is 4.50. The lowest BCUT2D eigenvalue weighted by Crippen LogP contribution is -2.54. The zero-order valence-corrected chi connectivity index (χ0v) is 17.6. The Morgan fingerprint density at radius 2 is 2.00 bits per heavy atom. The molecule has 5 rings (SSSR count). The van der Waals surface area contributed by atoms with Gasteiger partial charge in [-0.05, 0) is 23.6 Å². The number of fused-ring (bicyclic) bond motifs is 2. The molecule has 2 aliphatic rings. The second-order valence-electron chi connectivity index (χ2n) is 6.48. The molecule has 1 aromatic carbocycles. The normalized spacial score (nSPS) is 19.7. The Labute approximate surface area is 179 Å². The number of benzene rings is 1. The van der Waals surface area contributed by atoms with Gasteiger partial charge in [0.2, 0.25) is 0 Å². The van der Waals surface area contributed by atoms with E-state index in [1.54, 1.807) is 41.4 Å². The van der Waals surface area contributed by atoms with E-state index in [0.717, 1.165) is 4.88 Å². The summed E-state index contributed by atoms with van der Waals surface area (Å²) in [6.07, 6.45) is 1.68. The number of amides is 1. The maximum Gasteiger partial charge on any atom is 0.286 e. The van der Waals surface area contributed by atoms with Crippen molar-refractivity contribution in [2.75, 3.05) is 10.3 Å². The van der Waals surface area contributed by atoms with Crippen LogP contribution in [0, 0.1) is 5.92 Å². The largest absolute Gasteiger partial charge is 0.341 e. The summed E-state index contributed by atoms with van der Waals surface area (Å²) in [5.41, 5.74) is 5.42. The molecule has 12 heteroatoms. The molecule has 0 saturated carbocycles. The van der Waals surface area contributed by atoms with Crippen LogP contribution in [0.5, 0.6) is 0 Å². The van der Waals surface area contributed by atoms with E-state index in [1.807, 2.05) is 0 Å². The summed E-state index contributed by atoms with van der Waals surface area (Å²) in [6.45, 7) is 0.327. The first-order valence-corrected chi connectivity index (χ1v) is 11.9. The molecular formula is C18H13N5O4S3. The number of rotatable bonds is 4. The molecule has 0 fully saturated rings. The van der Waals surface area contributed by atoms with E-state index in [2.05, 4.69) is 20.1 Å². The van der Waals surface area contributed by atoms with Gasteiger partial charge in [-0.3, -0.25) is 14.6 Å². The lowest BCUT2D eigenvalue weighted by Gasteiger charge is -2.32. The molecule has 1 atom stereocenters. The third kappa shape index (κ3) is 3.04. The maximum atomic E-state index is 13.3. The van der Waals surface area contributed by atoms with Crippen molar-refractivity contribution in [3.8, 4) is 0 Å². The monoisotopic (exact) mass is 459 g/mol. The first-order valence-electron chi connectivity index (χ1n) is 8.73. The molecule has 0 spiro atoms. The number of hydrogen-bond acceptors (Lipinski definition) is 9. The lowest BCUT2D eigenvalue weighted by molar-refractivity contribution is -0.120. The van der Waals surface area contributed by atoms with Crippen molar-refractivity contribution in [1.82, 2.24) is 10.4 Å². The Balaban J connectivity index is 1.54. The summed E-state index contributed by atoms with van der Waals surface area (Å²) >= 11 is 2.62. The second-order valence-corrected chi connectivity index (χ2v) is 9.94. The summed E-state index contributed by atoms with van der Waals surface area (Å²) in [7, 11) is -4.04. The smallest absolute Gasteiger partial charge is 0.286 e. The number of hydrazine groups is 1. The van der Waals surface area contributed by atoms with Gasteiger partial charge in [-0.25, -0.2) is 10.4 Å². The standard InChI is InChI=1S/C18H13N5O4S3/c24-15-14(17-21-11-3-1-2-4-13(11)30(26,27)22-17)18(25)23(12-5-6-28-16(12)15)20-8-10-7-19-9-29-10/h1-7,9,14,20H,8H2,(H,21,22). The van der Waals surface area contributed by atoms with Crippen LogP contribution in [0.1, 0.15) is 14.5 Å². The van der Waals surface area contributed by atoms with Crippen LogP contribution in [0.15, 0.2) is 56.7 Å². The van der Waals surface area contributed by atoms with Crippen molar-refractivity contribution < 1.29 is 18.0 Å². The van der Waals surface area contributed by atoms with E-state index in [9.17, 15) is 18.0 Å². The minimum Gasteiger partial charge on any atom is -0.341 e. The van der Waals surface area contributed by atoms with Gasteiger partial charge in [-0.1, -0.05) is 12.1 Å². The van der Waals surface area contributed by atoms with Crippen molar-refractivity contribution in [1.29, 1.82) is 0 Å². The van der Waals surface area contributed by atoms with E-state index in [-0.39, 0.29) is 16.4 Å². The van der Waals surface area contributed by atoms with Gasteiger partial charge in [0.05, 0.1) is 28.3 Å². The number of thiazole rings is 1. The first-order chi connectivity index (χ1) is 14.5. The Bertz CT molecular complexity index is 1300. The topological polar surface area (TPSA) is 121 Å². The third-order valence-corrected chi connectivity index (χ3v) is 7.70. The number of carbonyl (C=O) groups is 2.